The molecular weight excluding hydrogens is 208 g/mol. The molecule has 1 aliphatic heterocycles. The third-order valence-corrected chi connectivity index (χ3v) is 5.82. The minimum atomic E-state index is 0.321. The van der Waals surface area contributed by atoms with E-state index < -0.39 is 0 Å². The minimum absolute atomic E-state index is 0.321. The first kappa shape index (κ1) is 13.4. The molecule has 4 unspecified atom stereocenters. The fraction of sp³-hybridized carbons (Fsp3) is 1.00. The lowest BCUT2D eigenvalue weighted by Crippen LogP contribution is -2.60. The number of rotatable bonds is 3. The predicted octanol–water partition coefficient (Wildman–Crippen LogP) is 2.87. The van der Waals surface area contributed by atoms with Crippen molar-refractivity contribution in [2.24, 2.45) is 23.5 Å². The fourth-order valence-electron chi connectivity index (χ4n) is 4.17. The van der Waals surface area contributed by atoms with E-state index in [1.54, 1.807) is 0 Å². The Morgan fingerprint density at radius 1 is 1.29 bits per heavy atom. The van der Waals surface area contributed by atoms with E-state index in [-0.39, 0.29) is 0 Å². The third-order valence-electron chi connectivity index (χ3n) is 5.82. The van der Waals surface area contributed by atoms with Crippen molar-refractivity contribution >= 4 is 0 Å². The van der Waals surface area contributed by atoms with Crippen LogP contribution < -0.4 is 5.73 Å². The molecule has 1 heterocycles. The van der Waals surface area contributed by atoms with Crippen LogP contribution in [0.2, 0.25) is 0 Å². The molecule has 2 aliphatic rings. The monoisotopic (exact) mass is 238 g/mol. The summed E-state index contributed by atoms with van der Waals surface area (Å²) >= 11 is 0. The summed E-state index contributed by atoms with van der Waals surface area (Å²) in [6, 6.07) is 0. The molecule has 2 fully saturated rings. The molecule has 4 atom stereocenters. The molecule has 2 heteroatoms. The first-order valence-electron chi connectivity index (χ1n) is 7.59. The van der Waals surface area contributed by atoms with Gasteiger partial charge in [0.25, 0.3) is 0 Å². The highest BCUT2D eigenvalue weighted by Gasteiger charge is 2.46. The second kappa shape index (κ2) is 5.27. The lowest BCUT2D eigenvalue weighted by Gasteiger charge is -2.51. The Hall–Kier alpha value is -0.0800. The zero-order valence-corrected chi connectivity index (χ0v) is 11.9. The van der Waals surface area contributed by atoms with Crippen molar-refractivity contribution in [1.82, 2.24) is 4.90 Å². The topological polar surface area (TPSA) is 29.3 Å². The fourth-order valence-corrected chi connectivity index (χ4v) is 4.17. The maximum Gasteiger partial charge on any atom is 0.0359 e. The molecule has 0 aromatic carbocycles. The number of hydrogen-bond acceptors (Lipinski definition) is 2. The molecule has 100 valence electrons. The van der Waals surface area contributed by atoms with Crippen LogP contribution in [0, 0.1) is 17.8 Å². The van der Waals surface area contributed by atoms with Crippen molar-refractivity contribution in [3.05, 3.63) is 0 Å². The van der Waals surface area contributed by atoms with Crippen molar-refractivity contribution in [2.75, 3.05) is 19.6 Å². The van der Waals surface area contributed by atoms with Gasteiger partial charge >= 0.3 is 0 Å². The molecule has 0 aromatic heterocycles. The Morgan fingerprint density at radius 3 is 2.65 bits per heavy atom. The van der Waals surface area contributed by atoms with E-state index in [4.69, 9.17) is 5.73 Å². The van der Waals surface area contributed by atoms with E-state index in [1.807, 2.05) is 0 Å². The van der Waals surface area contributed by atoms with E-state index in [1.165, 1.54) is 45.2 Å². The highest BCUT2D eigenvalue weighted by molar-refractivity contribution is 5.02. The van der Waals surface area contributed by atoms with Crippen LogP contribution in [0.25, 0.3) is 0 Å². The number of likely N-dealkylation sites (tertiary alicyclic amines) is 1. The molecule has 0 radical (unpaired) electrons. The maximum atomic E-state index is 6.22. The molecule has 2 rings (SSSR count). The summed E-state index contributed by atoms with van der Waals surface area (Å²) in [7, 11) is 0. The second-order valence-electron chi connectivity index (χ2n) is 6.47. The van der Waals surface area contributed by atoms with Gasteiger partial charge in [0.15, 0.2) is 0 Å². The molecule has 0 aromatic rings. The van der Waals surface area contributed by atoms with Crippen molar-refractivity contribution < 1.29 is 0 Å². The average Bonchev–Trinajstić information content (AvgIpc) is 2.82. The number of nitrogens with zero attached hydrogens (tertiary/aromatic N) is 1. The van der Waals surface area contributed by atoms with Crippen LogP contribution in [0.4, 0.5) is 0 Å². The standard InChI is InChI=1S/C15H30N2/c1-4-14-7-9-17(10-14)15(11-16)8-5-6-12(2)13(15)3/h12-14H,4-11,16H2,1-3H3. The van der Waals surface area contributed by atoms with Gasteiger partial charge in [0, 0.05) is 18.6 Å². The van der Waals surface area contributed by atoms with E-state index in [0.29, 0.717) is 5.54 Å². The molecule has 0 amide bonds. The Labute approximate surface area is 107 Å². The summed E-state index contributed by atoms with van der Waals surface area (Å²) in [5.41, 5.74) is 6.54. The number of nitrogens with two attached hydrogens (primary N) is 1. The van der Waals surface area contributed by atoms with Crippen LogP contribution >= 0.6 is 0 Å². The smallest absolute Gasteiger partial charge is 0.0359 e. The van der Waals surface area contributed by atoms with Crippen LogP contribution in [0.1, 0.15) is 52.9 Å². The number of hydrogen-bond donors (Lipinski definition) is 1. The minimum Gasteiger partial charge on any atom is -0.329 e. The average molecular weight is 238 g/mol. The van der Waals surface area contributed by atoms with E-state index in [9.17, 15) is 0 Å². The molecule has 2 nitrogen and oxygen atoms in total. The Kier molecular flexibility index (Phi) is 4.14. The lowest BCUT2D eigenvalue weighted by atomic mass is 9.67. The lowest BCUT2D eigenvalue weighted by molar-refractivity contribution is 0.00234. The molecular formula is C15H30N2. The predicted molar refractivity (Wildman–Crippen MR) is 73.9 cm³/mol. The highest BCUT2D eigenvalue weighted by atomic mass is 15.2. The first-order chi connectivity index (χ1) is 8.14. The Balaban J connectivity index is 2.13. The van der Waals surface area contributed by atoms with Gasteiger partial charge in [-0.2, -0.15) is 0 Å². The molecule has 2 N–H and O–H groups in total. The summed E-state index contributed by atoms with van der Waals surface area (Å²) < 4.78 is 0. The largest absolute Gasteiger partial charge is 0.329 e. The molecule has 1 aliphatic carbocycles. The molecule has 0 spiro atoms. The zero-order valence-electron chi connectivity index (χ0n) is 11.9. The summed E-state index contributed by atoms with van der Waals surface area (Å²) in [4.78, 5) is 2.75. The van der Waals surface area contributed by atoms with Gasteiger partial charge in [-0.25, -0.2) is 0 Å². The second-order valence-corrected chi connectivity index (χ2v) is 6.47. The summed E-state index contributed by atoms with van der Waals surface area (Å²) in [6.45, 7) is 10.6. The molecule has 17 heavy (non-hydrogen) atoms. The summed E-state index contributed by atoms with van der Waals surface area (Å²) in [5.74, 6) is 2.52. The molecule has 0 bridgehead atoms. The van der Waals surface area contributed by atoms with Crippen LogP contribution in [-0.2, 0) is 0 Å². The Bertz CT molecular complexity index is 253. The van der Waals surface area contributed by atoms with Crippen LogP contribution in [-0.4, -0.2) is 30.1 Å². The van der Waals surface area contributed by atoms with Crippen molar-refractivity contribution in [2.45, 2.75) is 58.4 Å². The zero-order chi connectivity index (χ0) is 12.5. The van der Waals surface area contributed by atoms with Crippen LogP contribution in [0.15, 0.2) is 0 Å². The van der Waals surface area contributed by atoms with Gasteiger partial charge < -0.3 is 5.73 Å². The molecule has 1 saturated carbocycles. The van der Waals surface area contributed by atoms with Gasteiger partial charge in [0.05, 0.1) is 0 Å². The summed E-state index contributed by atoms with van der Waals surface area (Å²) in [5, 5.41) is 0. The van der Waals surface area contributed by atoms with E-state index >= 15 is 0 Å². The third kappa shape index (κ3) is 2.26. The van der Waals surface area contributed by atoms with E-state index in [2.05, 4.69) is 25.7 Å². The van der Waals surface area contributed by atoms with E-state index in [0.717, 1.165) is 24.3 Å². The van der Waals surface area contributed by atoms with Crippen molar-refractivity contribution in [3.63, 3.8) is 0 Å². The Morgan fingerprint density at radius 2 is 2.06 bits per heavy atom. The normalized spacial score (nSPS) is 44.1. The summed E-state index contributed by atoms with van der Waals surface area (Å²) in [6.07, 6.45) is 6.82. The van der Waals surface area contributed by atoms with Crippen molar-refractivity contribution in [1.29, 1.82) is 0 Å². The van der Waals surface area contributed by atoms with Gasteiger partial charge in [0.2, 0.25) is 0 Å². The SMILES string of the molecule is CCC1CCN(C2(CN)CCCC(C)C2C)C1. The van der Waals surface area contributed by atoms with Gasteiger partial charge in [-0.15, -0.1) is 0 Å². The van der Waals surface area contributed by atoms with Gasteiger partial charge in [-0.1, -0.05) is 40.0 Å². The van der Waals surface area contributed by atoms with Gasteiger partial charge in [0.1, 0.15) is 0 Å². The highest BCUT2D eigenvalue weighted by Crippen LogP contribution is 2.43. The van der Waals surface area contributed by atoms with Gasteiger partial charge in [-0.05, 0) is 37.1 Å². The van der Waals surface area contributed by atoms with Gasteiger partial charge in [-0.3, -0.25) is 4.90 Å². The first-order valence-corrected chi connectivity index (χ1v) is 7.59. The quantitative estimate of drug-likeness (QED) is 0.819. The van der Waals surface area contributed by atoms with Crippen LogP contribution in [0.5, 0.6) is 0 Å². The van der Waals surface area contributed by atoms with Crippen molar-refractivity contribution in [3.8, 4) is 0 Å². The maximum absolute atomic E-state index is 6.22. The van der Waals surface area contributed by atoms with Crippen LogP contribution in [0.3, 0.4) is 0 Å². The molecule has 1 saturated heterocycles.